The van der Waals surface area contributed by atoms with Crippen LogP contribution in [0.25, 0.3) is 0 Å². The number of halogens is 7. The SMILES string of the molecule is CC(C)[C@H](CC(=O)CC(C)(C)C)C(=O)OCOC(=O)N(C)[C@]1(c2ccccc2Cl)CCCCC1=O.CC(C)[C@H](CC(=O)OC(C)(C)C)C(=O)O.CC(C)[C@H](N)C(=O)OCOC(=O)N(C)[C@]1(c2ccccc2Cl)CCCCC1=O.CN(C(=O)OCCl)[C@]1(c2ccccc2Cl)CCCCC1=O.O=C(O)C(F)(F)F. The van der Waals surface area contributed by atoms with E-state index in [1.165, 1.54) is 28.8 Å². The first-order valence-corrected chi connectivity index (χ1v) is 36.3. The van der Waals surface area contributed by atoms with Crippen LogP contribution < -0.4 is 5.73 Å². The van der Waals surface area contributed by atoms with Crippen molar-refractivity contribution in [2.24, 2.45) is 40.7 Å². The Hall–Kier alpha value is -7.59. The Balaban J connectivity index is 0.000000482. The molecule has 592 valence electrons. The maximum atomic E-state index is 13.1. The Morgan fingerprint density at radius 1 is 0.509 bits per heavy atom. The lowest BCUT2D eigenvalue weighted by atomic mass is 9.74. The summed E-state index contributed by atoms with van der Waals surface area (Å²) in [5.74, 6) is -7.22. The summed E-state index contributed by atoms with van der Waals surface area (Å²) in [6.07, 6.45) is 0.287. The van der Waals surface area contributed by atoms with Gasteiger partial charge in [-0.2, -0.15) is 13.2 Å². The van der Waals surface area contributed by atoms with E-state index in [1.54, 1.807) is 122 Å². The molecule has 3 aromatic carbocycles. The van der Waals surface area contributed by atoms with Gasteiger partial charge in [-0.15, -0.1) is 0 Å². The predicted octanol–water partition coefficient (Wildman–Crippen LogP) is 15.8. The van der Waals surface area contributed by atoms with Crippen LogP contribution in [0.4, 0.5) is 27.6 Å². The highest BCUT2D eigenvalue weighted by atomic mass is 35.5. The molecule has 3 aromatic rings. The van der Waals surface area contributed by atoms with E-state index in [1.807, 2.05) is 40.7 Å². The number of hydrogen-bond acceptors (Lipinski definition) is 19. The number of nitrogens with zero attached hydrogens (tertiary/aromatic N) is 3. The molecule has 3 aliphatic carbocycles. The van der Waals surface area contributed by atoms with Gasteiger partial charge in [0, 0.05) is 85.0 Å². The molecule has 0 unspecified atom stereocenters. The van der Waals surface area contributed by atoms with Crippen LogP contribution in [0.2, 0.25) is 15.1 Å². The van der Waals surface area contributed by atoms with Gasteiger partial charge in [0.2, 0.25) is 13.6 Å². The Labute approximate surface area is 638 Å². The normalized spacial score (nSPS) is 18.8. The monoisotopic (exact) mass is 1580 g/mol. The quantitative estimate of drug-likeness (QED) is 0.0364. The number of amides is 3. The van der Waals surface area contributed by atoms with E-state index in [4.69, 9.17) is 95.6 Å². The number of benzene rings is 3. The van der Waals surface area contributed by atoms with Crippen molar-refractivity contribution in [3.8, 4) is 0 Å². The molecule has 0 aliphatic heterocycles. The summed E-state index contributed by atoms with van der Waals surface area (Å²) in [5, 5.41) is 17.3. The lowest BCUT2D eigenvalue weighted by Crippen LogP contribution is -2.54. The second kappa shape index (κ2) is 42.8. The molecule has 4 N–H and O–H groups in total. The number of rotatable bonds is 22. The molecule has 0 heterocycles. The fraction of sp³-hybridized carbons (Fsp3) is 0.600. The number of carbonyl (C=O) groups excluding carboxylic acids is 10. The molecule has 31 heteroatoms. The summed E-state index contributed by atoms with van der Waals surface area (Å²) < 4.78 is 62.1. The van der Waals surface area contributed by atoms with Gasteiger partial charge < -0.3 is 44.4 Å². The van der Waals surface area contributed by atoms with Crippen molar-refractivity contribution in [2.75, 3.05) is 40.8 Å². The fourth-order valence-electron chi connectivity index (χ4n) is 12.1. The average molecular weight is 1580 g/mol. The highest BCUT2D eigenvalue weighted by Gasteiger charge is 2.52. The third-order valence-corrected chi connectivity index (χ3v) is 18.9. The largest absolute Gasteiger partial charge is 0.490 e. The maximum Gasteiger partial charge on any atom is 0.490 e. The fourth-order valence-corrected chi connectivity index (χ4v) is 13.1. The zero-order valence-corrected chi connectivity index (χ0v) is 66.0. The van der Waals surface area contributed by atoms with Gasteiger partial charge in [0.1, 0.15) is 34.0 Å². The smallest absolute Gasteiger partial charge is 0.481 e. The number of carbonyl (C=O) groups is 12. The van der Waals surface area contributed by atoms with Gasteiger partial charge in [0.15, 0.2) is 23.4 Å². The van der Waals surface area contributed by atoms with Crippen molar-refractivity contribution in [3.63, 3.8) is 0 Å². The van der Waals surface area contributed by atoms with Crippen molar-refractivity contribution in [3.05, 3.63) is 105 Å². The number of ketones is 4. The molecule has 0 saturated heterocycles. The van der Waals surface area contributed by atoms with Gasteiger partial charge >= 0.3 is 54.3 Å². The second-order valence-corrected chi connectivity index (χ2v) is 30.4. The van der Waals surface area contributed by atoms with Crippen molar-refractivity contribution >= 4 is 118 Å². The molecule has 3 fully saturated rings. The van der Waals surface area contributed by atoms with Crippen LogP contribution >= 0.6 is 46.4 Å². The molecule has 3 amide bonds. The van der Waals surface area contributed by atoms with Crippen LogP contribution in [0, 0.1) is 35.0 Å². The highest BCUT2D eigenvalue weighted by Crippen LogP contribution is 2.46. The zero-order valence-electron chi connectivity index (χ0n) is 62.9. The first-order valence-electron chi connectivity index (χ1n) is 34.6. The van der Waals surface area contributed by atoms with Crippen molar-refractivity contribution < 1.29 is 109 Å². The number of carboxylic acid groups (broad SMARTS) is 2. The molecule has 0 spiro atoms. The molecule has 3 saturated carbocycles. The minimum atomic E-state index is -5.08. The van der Waals surface area contributed by atoms with E-state index in [2.05, 4.69) is 0 Å². The van der Waals surface area contributed by atoms with E-state index >= 15 is 0 Å². The topological polar surface area (TPSA) is 336 Å². The van der Waals surface area contributed by atoms with Crippen LogP contribution in [0.15, 0.2) is 72.8 Å². The number of hydrogen-bond donors (Lipinski definition) is 3. The second-order valence-electron chi connectivity index (χ2n) is 29.0. The summed E-state index contributed by atoms with van der Waals surface area (Å²) in [7, 11) is 4.55. The molecule has 24 nitrogen and oxygen atoms in total. The van der Waals surface area contributed by atoms with Crippen LogP contribution in [0.1, 0.15) is 196 Å². The van der Waals surface area contributed by atoms with Crippen molar-refractivity contribution in [1.29, 1.82) is 0 Å². The first kappa shape index (κ1) is 94.5. The number of nitrogens with two attached hydrogens (primary N) is 1. The van der Waals surface area contributed by atoms with Gasteiger partial charge in [0.25, 0.3) is 0 Å². The van der Waals surface area contributed by atoms with Gasteiger partial charge in [-0.25, -0.2) is 19.2 Å². The van der Waals surface area contributed by atoms with E-state index in [-0.39, 0.29) is 65.2 Å². The summed E-state index contributed by atoms with van der Waals surface area (Å²) in [5.41, 5.74) is 3.23. The number of aliphatic carboxylic acids is 2. The summed E-state index contributed by atoms with van der Waals surface area (Å²) in [6.45, 7) is 20.8. The number of likely N-dealkylation sites (N-methyl/N-ethyl adjacent to an activating group) is 3. The number of esters is 3. The minimum Gasteiger partial charge on any atom is -0.481 e. The van der Waals surface area contributed by atoms with Crippen LogP contribution in [-0.2, 0) is 88.2 Å². The molecule has 106 heavy (non-hydrogen) atoms. The Morgan fingerprint density at radius 2 is 0.840 bits per heavy atom. The third kappa shape index (κ3) is 27.6. The molecule has 0 aromatic heterocycles. The molecular weight excluding hydrogens is 1480 g/mol. The van der Waals surface area contributed by atoms with Crippen LogP contribution in [0.3, 0.4) is 0 Å². The average Bonchev–Trinajstić information content (AvgIpc) is 0.766. The maximum absolute atomic E-state index is 13.1. The number of Topliss-reactive ketones (excluding diaryl/α,β-unsaturated/α-hetero) is 4. The Kier molecular flexibility index (Phi) is 38.2. The Morgan fingerprint density at radius 3 is 1.11 bits per heavy atom. The lowest BCUT2D eigenvalue weighted by molar-refractivity contribution is -0.192. The molecule has 0 bridgehead atoms. The summed E-state index contributed by atoms with van der Waals surface area (Å²) in [4.78, 5) is 148. The summed E-state index contributed by atoms with van der Waals surface area (Å²) >= 11 is 24.5. The van der Waals surface area contributed by atoms with E-state index < -0.39 is 108 Å². The van der Waals surface area contributed by atoms with Crippen LogP contribution in [-0.4, -0.2) is 155 Å². The lowest BCUT2D eigenvalue weighted by Gasteiger charge is -2.43. The van der Waals surface area contributed by atoms with Gasteiger partial charge in [-0.3, -0.25) is 53.1 Å². The molecular formula is C75H103Cl4F3N4O20. The zero-order chi connectivity index (χ0) is 81.0. The Bertz CT molecular complexity index is 3510. The predicted molar refractivity (Wildman–Crippen MR) is 390 cm³/mol. The van der Waals surface area contributed by atoms with Gasteiger partial charge in [-0.1, -0.05) is 163 Å². The van der Waals surface area contributed by atoms with E-state index in [0.717, 1.165) is 38.5 Å². The van der Waals surface area contributed by atoms with E-state index in [9.17, 15) is 65.9 Å². The standard InChI is InChI=1S/C27H38ClNO6.C20H27ClN2O5.C15H17Cl2NO3.C11H20O4.C2HF3O2/c1-18(2)20(15-19(30)16-26(3,4)5)24(32)34-17-35-25(33)29(6)27(14-10-9-13-23(27)31)21-11-7-8-12-22(21)28;1-13(2)17(22)18(25)27-12-28-19(26)23(3)20(11-7-6-10-16(20)24)14-8-4-5-9-15(14)21;1-18(14(20)21-10-16)15(9-5-4-8-13(15)19)11-6-2-3-7-12(11)17;1-7(2)8(10(13)14)6-9(12)15-11(3,4)5;3-2(4,5)1(6)7/h7-8,11-12,18,20H,9-10,13-17H2,1-6H3;4-5,8-9,13,17H,6-7,10-12,22H2,1-3H3;2-3,6-7H,4-5,8-10H2,1H3;7-8H,6H2,1-5H3,(H,13,14);(H,6,7)/t20-,27-;17-,20-;15-;8-;/m0000./s1. The van der Waals surface area contributed by atoms with Gasteiger partial charge in [0.05, 0.1) is 18.3 Å². The number of carboxylic acids is 2. The molecule has 6 atom stereocenters. The molecule has 3 aliphatic rings. The number of ether oxygens (including phenoxy) is 6. The first-order chi connectivity index (χ1) is 49.1. The highest BCUT2D eigenvalue weighted by molar-refractivity contribution is 6.32. The third-order valence-electron chi connectivity index (χ3n) is 17.8. The van der Waals surface area contributed by atoms with Gasteiger partial charge in [-0.05, 0) is 120 Å². The molecule has 6 rings (SSSR count). The van der Waals surface area contributed by atoms with Crippen LogP contribution in [0.5, 0.6) is 0 Å². The van der Waals surface area contributed by atoms with Crippen molar-refractivity contribution in [1.82, 2.24) is 14.7 Å². The van der Waals surface area contributed by atoms with E-state index in [0.29, 0.717) is 76.7 Å². The molecule has 0 radical (unpaired) electrons. The number of alkyl halides is 4. The minimum absolute atomic E-state index is 0.0117. The van der Waals surface area contributed by atoms with Crippen molar-refractivity contribution in [2.45, 2.75) is 214 Å². The summed E-state index contributed by atoms with van der Waals surface area (Å²) in [6, 6.07) is 20.0.